The predicted octanol–water partition coefficient (Wildman–Crippen LogP) is 2.99. The van der Waals surface area contributed by atoms with Crippen molar-refractivity contribution >= 4 is 34.7 Å². The quantitative estimate of drug-likeness (QED) is 0.696. The summed E-state index contributed by atoms with van der Waals surface area (Å²) >= 11 is 1.13. The highest BCUT2D eigenvalue weighted by molar-refractivity contribution is 7.16. The molecule has 0 atom stereocenters. The third-order valence-corrected chi connectivity index (χ3v) is 3.90. The van der Waals surface area contributed by atoms with Crippen LogP contribution in [0.15, 0.2) is 36.4 Å². The number of ketones is 1. The first kappa shape index (κ1) is 14.9. The van der Waals surface area contributed by atoms with E-state index in [0.717, 1.165) is 11.3 Å². The molecule has 0 aliphatic rings. The predicted molar refractivity (Wildman–Crippen MR) is 80.1 cm³/mol. The molecule has 2 rings (SSSR count). The van der Waals surface area contributed by atoms with Crippen LogP contribution >= 0.6 is 11.3 Å². The first-order valence-corrected chi connectivity index (χ1v) is 6.93. The van der Waals surface area contributed by atoms with E-state index in [9.17, 15) is 14.4 Å². The molecule has 0 unspecified atom stereocenters. The van der Waals surface area contributed by atoms with Crippen molar-refractivity contribution < 1.29 is 19.1 Å². The zero-order valence-corrected chi connectivity index (χ0v) is 12.3. The SMILES string of the molecule is COC(=O)c1cccc(NC(=O)c2ccc(C(C)=O)s2)c1. The lowest BCUT2D eigenvalue weighted by Crippen LogP contribution is -2.11. The molecule has 1 aromatic heterocycles. The molecule has 0 spiro atoms. The second kappa shape index (κ2) is 6.32. The summed E-state index contributed by atoms with van der Waals surface area (Å²) < 4.78 is 4.62. The van der Waals surface area contributed by atoms with Gasteiger partial charge in [0.15, 0.2) is 5.78 Å². The summed E-state index contributed by atoms with van der Waals surface area (Å²) in [7, 11) is 1.29. The maximum Gasteiger partial charge on any atom is 0.337 e. The van der Waals surface area contributed by atoms with Gasteiger partial charge in [-0.25, -0.2) is 4.79 Å². The third kappa shape index (κ3) is 3.55. The average molecular weight is 303 g/mol. The number of methoxy groups -OCH3 is 1. The van der Waals surface area contributed by atoms with Gasteiger partial charge in [0.1, 0.15) is 0 Å². The number of benzene rings is 1. The first-order valence-electron chi connectivity index (χ1n) is 6.12. The van der Waals surface area contributed by atoms with Gasteiger partial charge in [-0.05, 0) is 37.3 Å². The summed E-state index contributed by atoms with van der Waals surface area (Å²) in [6.45, 7) is 1.45. The minimum absolute atomic E-state index is 0.0771. The van der Waals surface area contributed by atoms with Crippen molar-refractivity contribution in [3.63, 3.8) is 0 Å². The summed E-state index contributed by atoms with van der Waals surface area (Å²) in [5, 5.41) is 2.68. The highest BCUT2D eigenvalue weighted by Crippen LogP contribution is 2.19. The number of carbonyl (C=O) groups excluding carboxylic acids is 3. The minimum Gasteiger partial charge on any atom is -0.465 e. The third-order valence-electron chi connectivity index (χ3n) is 2.72. The van der Waals surface area contributed by atoms with E-state index in [2.05, 4.69) is 10.1 Å². The van der Waals surface area contributed by atoms with Gasteiger partial charge in [0.05, 0.1) is 22.4 Å². The lowest BCUT2D eigenvalue weighted by atomic mass is 10.2. The number of hydrogen-bond donors (Lipinski definition) is 1. The maximum absolute atomic E-state index is 12.1. The first-order chi connectivity index (χ1) is 10.0. The van der Waals surface area contributed by atoms with Crippen LogP contribution in [0, 0.1) is 0 Å². The number of nitrogens with one attached hydrogen (secondary N) is 1. The molecule has 0 radical (unpaired) electrons. The average Bonchev–Trinajstić information content (AvgIpc) is 2.97. The molecule has 0 saturated carbocycles. The van der Waals surface area contributed by atoms with Crippen molar-refractivity contribution in [2.45, 2.75) is 6.92 Å². The van der Waals surface area contributed by atoms with Gasteiger partial charge < -0.3 is 10.1 Å². The Hall–Kier alpha value is -2.47. The van der Waals surface area contributed by atoms with Gasteiger partial charge in [-0.15, -0.1) is 11.3 Å². The molecular weight excluding hydrogens is 290 g/mol. The van der Waals surface area contributed by atoms with Crippen molar-refractivity contribution in [3.8, 4) is 0 Å². The monoisotopic (exact) mass is 303 g/mol. The number of ether oxygens (including phenoxy) is 1. The second-order valence-corrected chi connectivity index (χ2v) is 5.33. The van der Waals surface area contributed by atoms with E-state index in [1.807, 2.05) is 0 Å². The van der Waals surface area contributed by atoms with Crippen LogP contribution in [-0.4, -0.2) is 24.8 Å². The van der Waals surface area contributed by atoms with Crippen LogP contribution in [-0.2, 0) is 4.74 Å². The smallest absolute Gasteiger partial charge is 0.337 e. The Bertz CT molecular complexity index is 705. The van der Waals surface area contributed by atoms with Crippen molar-refractivity contribution in [2.75, 3.05) is 12.4 Å². The fourth-order valence-electron chi connectivity index (χ4n) is 1.68. The number of Topliss-reactive ketones (excluding diaryl/α,β-unsaturated/α-hetero) is 1. The van der Waals surface area contributed by atoms with Crippen LogP contribution in [0.5, 0.6) is 0 Å². The zero-order chi connectivity index (χ0) is 15.4. The van der Waals surface area contributed by atoms with E-state index in [0.29, 0.717) is 21.0 Å². The Morgan fingerprint density at radius 1 is 1.10 bits per heavy atom. The van der Waals surface area contributed by atoms with Gasteiger partial charge in [0, 0.05) is 5.69 Å². The van der Waals surface area contributed by atoms with Gasteiger partial charge in [0.2, 0.25) is 0 Å². The number of thiophene rings is 1. The normalized spacial score (nSPS) is 10.0. The Balaban J connectivity index is 2.15. The zero-order valence-electron chi connectivity index (χ0n) is 11.5. The molecule has 6 heteroatoms. The fraction of sp³-hybridized carbons (Fsp3) is 0.133. The number of hydrogen-bond acceptors (Lipinski definition) is 5. The van der Waals surface area contributed by atoms with Gasteiger partial charge in [0.25, 0.3) is 5.91 Å². The lowest BCUT2D eigenvalue weighted by molar-refractivity contribution is 0.0600. The molecule has 1 aromatic carbocycles. The standard InChI is InChI=1S/C15H13NO4S/c1-9(17)12-6-7-13(21-12)14(18)16-11-5-3-4-10(8-11)15(19)20-2/h3-8H,1-2H3,(H,16,18). The van der Waals surface area contributed by atoms with Gasteiger partial charge in [-0.1, -0.05) is 6.07 Å². The number of anilines is 1. The summed E-state index contributed by atoms with van der Waals surface area (Å²) in [5.41, 5.74) is 0.839. The molecule has 1 N–H and O–H groups in total. The largest absolute Gasteiger partial charge is 0.465 e. The van der Waals surface area contributed by atoms with Gasteiger partial charge >= 0.3 is 5.97 Å². The molecule has 0 aliphatic heterocycles. The van der Waals surface area contributed by atoms with Crippen LogP contribution in [0.4, 0.5) is 5.69 Å². The number of carbonyl (C=O) groups is 3. The molecule has 0 aliphatic carbocycles. The van der Waals surface area contributed by atoms with Crippen LogP contribution in [0.1, 0.15) is 36.6 Å². The van der Waals surface area contributed by atoms with E-state index in [-0.39, 0.29) is 11.7 Å². The Kier molecular flexibility index (Phi) is 4.49. The maximum atomic E-state index is 12.1. The molecule has 108 valence electrons. The van der Waals surface area contributed by atoms with E-state index in [1.165, 1.54) is 20.1 Å². The Morgan fingerprint density at radius 2 is 1.81 bits per heavy atom. The highest BCUT2D eigenvalue weighted by atomic mass is 32.1. The minimum atomic E-state index is -0.471. The van der Waals surface area contributed by atoms with Crippen molar-refractivity contribution in [3.05, 3.63) is 51.7 Å². The summed E-state index contributed by atoms with van der Waals surface area (Å²) in [6.07, 6.45) is 0. The highest BCUT2D eigenvalue weighted by Gasteiger charge is 2.12. The van der Waals surface area contributed by atoms with Crippen LogP contribution in [0.2, 0.25) is 0 Å². The van der Waals surface area contributed by atoms with E-state index in [1.54, 1.807) is 30.3 Å². The van der Waals surface area contributed by atoms with E-state index >= 15 is 0 Å². The molecule has 0 saturated heterocycles. The lowest BCUT2D eigenvalue weighted by Gasteiger charge is -2.05. The van der Waals surface area contributed by atoms with Crippen LogP contribution < -0.4 is 5.32 Å². The summed E-state index contributed by atoms with van der Waals surface area (Å²) in [4.78, 5) is 35.7. The molecule has 1 amide bonds. The molecular formula is C15H13NO4S. The van der Waals surface area contributed by atoms with E-state index < -0.39 is 5.97 Å². The molecule has 21 heavy (non-hydrogen) atoms. The Morgan fingerprint density at radius 3 is 2.43 bits per heavy atom. The molecule has 0 fully saturated rings. The van der Waals surface area contributed by atoms with E-state index in [4.69, 9.17) is 0 Å². The van der Waals surface area contributed by atoms with Crippen LogP contribution in [0.25, 0.3) is 0 Å². The molecule has 0 bridgehead atoms. The van der Waals surface area contributed by atoms with Gasteiger partial charge in [-0.3, -0.25) is 9.59 Å². The molecule has 2 aromatic rings. The van der Waals surface area contributed by atoms with Crippen molar-refractivity contribution in [1.82, 2.24) is 0 Å². The number of amides is 1. The van der Waals surface area contributed by atoms with Crippen molar-refractivity contribution in [1.29, 1.82) is 0 Å². The number of esters is 1. The van der Waals surface area contributed by atoms with Crippen molar-refractivity contribution in [2.24, 2.45) is 0 Å². The molecule has 1 heterocycles. The summed E-state index contributed by atoms with van der Waals surface area (Å²) in [5.74, 6) is -0.873. The number of rotatable bonds is 4. The van der Waals surface area contributed by atoms with Crippen LogP contribution in [0.3, 0.4) is 0 Å². The second-order valence-electron chi connectivity index (χ2n) is 4.25. The Labute approximate surface area is 125 Å². The topological polar surface area (TPSA) is 72.5 Å². The molecule has 5 nitrogen and oxygen atoms in total. The van der Waals surface area contributed by atoms with Gasteiger partial charge in [-0.2, -0.15) is 0 Å². The summed E-state index contributed by atoms with van der Waals surface area (Å²) in [6, 6.07) is 9.67. The fourth-order valence-corrected chi connectivity index (χ4v) is 2.48.